The van der Waals surface area contributed by atoms with Crippen molar-refractivity contribution >= 4 is 39.8 Å². The van der Waals surface area contributed by atoms with E-state index in [0.717, 1.165) is 37.6 Å². The minimum Gasteiger partial charge on any atom is -0.497 e. The first-order chi connectivity index (χ1) is 16.5. The summed E-state index contributed by atoms with van der Waals surface area (Å²) in [6, 6.07) is 15.2. The number of urea groups is 1. The minimum atomic E-state index is -0.367. The van der Waals surface area contributed by atoms with Crippen LogP contribution in [0.4, 0.5) is 21.3 Å². The molecular weight excluding hydrogens is 450 g/mol. The third-order valence-electron chi connectivity index (χ3n) is 5.71. The highest BCUT2D eigenvalue weighted by Crippen LogP contribution is 2.20. The maximum absolute atomic E-state index is 12.7. The lowest BCUT2D eigenvalue weighted by Crippen LogP contribution is -2.48. The molecule has 0 atom stereocenters. The number of rotatable bonds is 7. The number of nitrogens with one attached hydrogen (secondary N) is 2. The van der Waals surface area contributed by atoms with E-state index >= 15 is 0 Å². The van der Waals surface area contributed by atoms with Crippen LogP contribution in [0.25, 0.3) is 0 Å². The van der Waals surface area contributed by atoms with Gasteiger partial charge in [-0.25, -0.2) is 9.78 Å². The van der Waals surface area contributed by atoms with E-state index in [2.05, 4.69) is 51.7 Å². The summed E-state index contributed by atoms with van der Waals surface area (Å²) in [6.45, 7) is 5.22. The number of hydrogen-bond acceptors (Lipinski definition) is 6. The van der Waals surface area contributed by atoms with Gasteiger partial charge in [-0.3, -0.25) is 10.1 Å². The number of hydrogen-bond donors (Lipinski definition) is 2. The molecule has 1 aromatic heterocycles. The van der Waals surface area contributed by atoms with Crippen LogP contribution in [0.2, 0.25) is 0 Å². The van der Waals surface area contributed by atoms with Crippen molar-refractivity contribution in [1.29, 1.82) is 0 Å². The number of ether oxygens (including phenoxy) is 1. The molecule has 178 valence electrons. The van der Waals surface area contributed by atoms with Crippen LogP contribution in [0, 0.1) is 6.92 Å². The van der Waals surface area contributed by atoms with Gasteiger partial charge in [-0.1, -0.05) is 12.1 Å². The van der Waals surface area contributed by atoms with Crippen LogP contribution in [0.15, 0.2) is 53.9 Å². The monoisotopic (exact) mass is 479 g/mol. The molecule has 2 aromatic carbocycles. The highest BCUT2D eigenvalue weighted by molar-refractivity contribution is 7.13. The Labute approximate surface area is 203 Å². The summed E-state index contributed by atoms with van der Waals surface area (Å²) in [6.07, 6.45) is 0.959. The first-order valence-corrected chi connectivity index (χ1v) is 12.1. The van der Waals surface area contributed by atoms with E-state index in [1.165, 1.54) is 22.6 Å². The number of anilines is 3. The number of nitrogens with zero attached hydrogens (tertiary/aromatic N) is 3. The number of aryl methyl sites for hydroxylation is 2. The van der Waals surface area contributed by atoms with Crippen LogP contribution in [-0.4, -0.2) is 55.1 Å². The van der Waals surface area contributed by atoms with E-state index in [1.807, 2.05) is 10.3 Å². The molecule has 34 heavy (non-hydrogen) atoms. The maximum atomic E-state index is 12.7. The molecule has 0 bridgehead atoms. The quantitative estimate of drug-likeness (QED) is 0.525. The fraction of sp³-hybridized carbons (Fsp3) is 0.320. The highest BCUT2D eigenvalue weighted by Gasteiger charge is 2.21. The lowest BCUT2D eigenvalue weighted by molar-refractivity contribution is -0.131. The zero-order valence-corrected chi connectivity index (χ0v) is 20.2. The average Bonchev–Trinajstić information content (AvgIpc) is 3.30. The van der Waals surface area contributed by atoms with Crippen molar-refractivity contribution in [2.24, 2.45) is 0 Å². The summed E-state index contributed by atoms with van der Waals surface area (Å²) in [4.78, 5) is 33.6. The molecule has 8 nitrogen and oxygen atoms in total. The van der Waals surface area contributed by atoms with Crippen LogP contribution < -0.4 is 20.3 Å². The smallest absolute Gasteiger partial charge is 0.325 e. The Kier molecular flexibility index (Phi) is 7.64. The molecular formula is C25H29N5O3S. The number of carbonyl (C=O) groups is 2. The molecule has 0 saturated carbocycles. The van der Waals surface area contributed by atoms with Crippen LogP contribution in [0.3, 0.4) is 0 Å². The Bertz CT molecular complexity index is 1120. The maximum Gasteiger partial charge on any atom is 0.325 e. The van der Waals surface area contributed by atoms with Crippen molar-refractivity contribution in [3.63, 3.8) is 0 Å². The molecule has 0 unspecified atom stereocenters. The van der Waals surface area contributed by atoms with Gasteiger partial charge in [0.1, 0.15) is 5.75 Å². The second kappa shape index (κ2) is 11.0. The molecule has 9 heteroatoms. The Balaban J connectivity index is 1.20. The van der Waals surface area contributed by atoms with E-state index in [-0.39, 0.29) is 11.9 Å². The van der Waals surface area contributed by atoms with Gasteiger partial charge in [0.25, 0.3) is 0 Å². The Hall–Kier alpha value is -3.59. The van der Waals surface area contributed by atoms with Gasteiger partial charge in [-0.05, 0) is 55.3 Å². The first kappa shape index (κ1) is 23.6. The number of thiazole rings is 1. The predicted octanol–water partition coefficient (Wildman–Crippen LogP) is 4.39. The SMILES string of the molecule is COc1ccc(NC(=O)Nc2nc(CCC(=O)N3CCN(c4cccc(C)c4)CC3)cs2)cc1. The first-order valence-electron chi connectivity index (χ1n) is 11.3. The molecule has 1 saturated heterocycles. The third kappa shape index (κ3) is 6.26. The van der Waals surface area contributed by atoms with Crippen molar-refractivity contribution in [2.45, 2.75) is 19.8 Å². The number of aromatic nitrogens is 1. The largest absolute Gasteiger partial charge is 0.497 e. The summed E-state index contributed by atoms with van der Waals surface area (Å²) >= 11 is 1.35. The minimum absolute atomic E-state index is 0.142. The van der Waals surface area contributed by atoms with Gasteiger partial charge in [0, 0.05) is 49.4 Å². The number of piperazine rings is 1. The van der Waals surface area contributed by atoms with Crippen molar-refractivity contribution in [1.82, 2.24) is 9.88 Å². The van der Waals surface area contributed by atoms with E-state index in [9.17, 15) is 9.59 Å². The van der Waals surface area contributed by atoms with E-state index in [0.29, 0.717) is 23.7 Å². The molecule has 0 radical (unpaired) electrons. The second-order valence-corrected chi connectivity index (χ2v) is 9.02. The van der Waals surface area contributed by atoms with Crippen LogP contribution in [0.5, 0.6) is 5.75 Å². The van der Waals surface area contributed by atoms with E-state index in [4.69, 9.17) is 4.74 Å². The number of carbonyl (C=O) groups excluding carboxylic acids is 2. The normalized spacial score (nSPS) is 13.5. The average molecular weight is 480 g/mol. The zero-order chi connectivity index (χ0) is 23.9. The molecule has 1 fully saturated rings. The lowest BCUT2D eigenvalue weighted by Gasteiger charge is -2.36. The van der Waals surface area contributed by atoms with Gasteiger partial charge < -0.3 is 19.9 Å². The topological polar surface area (TPSA) is 86.8 Å². The van der Waals surface area contributed by atoms with Gasteiger partial charge in [0.15, 0.2) is 5.13 Å². The molecule has 0 aliphatic carbocycles. The van der Waals surface area contributed by atoms with Gasteiger partial charge in [-0.2, -0.15) is 0 Å². The van der Waals surface area contributed by atoms with Crippen molar-refractivity contribution < 1.29 is 14.3 Å². The van der Waals surface area contributed by atoms with E-state index < -0.39 is 0 Å². The summed E-state index contributed by atoms with van der Waals surface area (Å²) < 4.78 is 5.11. The molecule has 0 spiro atoms. The summed E-state index contributed by atoms with van der Waals surface area (Å²) in [5, 5.41) is 7.88. The fourth-order valence-electron chi connectivity index (χ4n) is 3.84. The van der Waals surface area contributed by atoms with Crippen molar-refractivity contribution in [2.75, 3.05) is 48.8 Å². The molecule has 4 rings (SSSR count). The summed E-state index contributed by atoms with van der Waals surface area (Å²) in [5.74, 6) is 0.863. The molecule has 2 heterocycles. The standard InChI is InChI=1S/C25H29N5O3S/c1-18-4-3-5-21(16-18)29-12-14-30(15-13-29)23(31)11-8-20-17-34-25(27-20)28-24(32)26-19-6-9-22(33-2)10-7-19/h3-7,9-10,16-17H,8,11-15H2,1-2H3,(H2,26,27,28,32). The summed E-state index contributed by atoms with van der Waals surface area (Å²) in [5.41, 5.74) is 3.91. The van der Waals surface area contributed by atoms with Crippen LogP contribution >= 0.6 is 11.3 Å². The van der Waals surface area contributed by atoms with Gasteiger partial charge in [0.2, 0.25) is 5.91 Å². The van der Waals surface area contributed by atoms with Gasteiger partial charge >= 0.3 is 6.03 Å². The third-order valence-corrected chi connectivity index (χ3v) is 6.52. The van der Waals surface area contributed by atoms with Gasteiger partial charge in [0.05, 0.1) is 12.8 Å². The lowest BCUT2D eigenvalue weighted by atomic mass is 10.1. The van der Waals surface area contributed by atoms with Crippen molar-refractivity contribution in [3.05, 3.63) is 65.2 Å². The molecule has 2 N–H and O–H groups in total. The molecule has 3 aromatic rings. The fourth-order valence-corrected chi connectivity index (χ4v) is 4.58. The van der Waals surface area contributed by atoms with Crippen LogP contribution in [0.1, 0.15) is 17.7 Å². The molecule has 1 aliphatic heterocycles. The Morgan fingerprint density at radius 2 is 1.82 bits per heavy atom. The molecule has 3 amide bonds. The van der Waals surface area contributed by atoms with Gasteiger partial charge in [-0.15, -0.1) is 11.3 Å². The summed E-state index contributed by atoms with van der Waals surface area (Å²) in [7, 11) is 1.59. The van der Waals surface area contributed by atoms with E-state index in [1.54, 1.807) is 31.4 Å². The number of amides is 3. The highest BCUT2D eigenvalue weighted by atomic mass is 32.1. The Morgan fingerprint density at radius 3 is 2.53 bits per heavy atom. The number of methoxy groups -OCH3 is 1. The number of benzene rings is 2. The van der Waals surface area contributed by atoms with Crippen molar-refractivity contribution in [3.8, 4) is 5.75 Å². The van der Waals surface area contributed by atoms with Crippen LogP contribution in [-0.2, 0) is 11.2 Å². The Morgan fingerprint density at radius 1 is 1.06 bits per heavy atom. The molecule has 1 aliphatic rings. The zero-order valence-electron chi connectivity index (χ0n) is 19.4. The predicted molar refractivity (Wildman–Crippen MR) is 136 cm³/mol. The second-order valence-electron chi connectivity index (χ2n) is 8.16.